The van der Waals surface area contributed by atoms with Crippen molar-refractivity contribution in [3.8, 4) is 5.75 Å². The predicted octanol–water partition coefficient (Wildman–Crippen LogP) is 5.88. The fourth-order valence-corrected chi connectivity index (χ4v) is 3.38. The fourth-order valence-electron chi connectivity index (χ4n) is 2.89. The molecule has 166 valence electrons. The number of likely N-dealkylation sites (N-methyl/N-ethyl adjacent to an activating group) is 1. The van der Waals surface area contributed by atoms with Crippen molar-refractivity contribution >= 4 is 46.3 Å². The van der Waals surface area contributed by atoms with Gasteiger partial charge >= 0.3 is 0 Å². The molecule has 32 heavy (non-hydrogen) atoms. The SMILES string of the molecule is Cc1cc(Cl)ccc1Nc1ccc(C(=O)c2cc(OCC(=O)N(C)C)ccc2F)c(Cl)c1. The number of carbonyl (C=O) groups excluding carboxylic acids is 2. The Morgan fingerprint density at radius 1 is 1.00 bits per heavy atom. The minimum atomic E-state index is -0.712. The van der Waals surface area contributed by atoms with Gasteiger partial charge in [0.2, 0.25) is 0 Å². The van der Waals surface area contributed by atoms with Crippen LogP contribution >= 0.6 is 23.2 Å². The molecule has 0 aromatic heterocycles. The van der Waals surface area contributed by atoms with Crippen molar-refractivity contribution in [2.75, 3.05) is 26.0 Å². The minimum Gasteiger partial charge on any atom is -0.484 e. The van der Waals surface area contributed by atoms with E-state index in [1.54, 1.807) is 32.3 Å². The summed E-state index contributed by atoms with van der Waals surface area (Å²) in [5.41, 5.74) is 2.39. The summed E-state index contributed by atoms with van der Waals surface area (Å²) in [4.78, 5) is 26.0. The third-order valence-electron chi connectivity index (χ3n) is 4.72. The van der Waals surface area contributed by atoms with Gasteiger partial charge in [-0.05, 0) is 67.1 Å². The number of anilines is 2. The molecule has 0 bridgehead atoms. The number of ether oxygens (including phenoxy) is 1. The monoisotopic (exact) mass is 474 g/mol. The van der Waals surface area contributed by atoms with Crippen LogP contribution in [-0.2, 0) is 4.79 Å². The van der Waals surface area contributed by atoms with Gasteiger partial charge in [0.1, 0.15) is 11.6 Å². The number of amides is 1. The van der Waals surface area contributed by atoms with Crippen molar-refractivity contribution in [3.63, 3.8) is 0 Å². The quantitative estimate of drug-likeness (QED) is 0.434. The first-order valence-corrected chi connectivity index (χ1v) is 10.4. The molecular weight excluding hydrogens is 454 g/mol. The Kier molecular flexibility index (Phi) is 7.38. The smallest absolute Gasteiger partial charge is 0.259 e. The van der Waals surface area contributed by atoms with Gasteiger partial charge in [-0.3, -0.25) is 9.59 Å². The first kappa shape index (κ1) is 23.6. The first-order chi connectivity index (χ1) is 15.2. The Morgan fingerprint density at radius 2 is 1.75 bits per heavy atom. The average Bonchev–Trinajstić information content (AvgIpc) is 2.74. The highest BCUT2D eigenvalue weighted by Crippen LogP contribution is 2.29. The van der Waals surface area contributed by atoms with Crippen LogP contribution in [0.15, 0.2) is 54.6 Å². The van der Waals surface area contributed by atoms with E-state index >= 15 is 0 Å². The normalized spacial score (nSPS) is 10.6. The van der Waals surface area contributed by atoms with E-state index in [4.69, 9.17) is 27.9 Å². The van der Waals surface area contributed by atoms with Crippen LogP contribution in [0.25, 0.3) is 0 Å². The van der Waals surface area contributed by atoms with Gasteiger partial charge in [0.05, 0.1) is 10.6 Å². The van der Waals surface area contributed by atoms with Gasteiger partial charge < -0.3 is 15.0 Å². The molecule has 0 aliphatic rings. The van der Waals surface area contributed by atoms with Crippen molar-refractivity contribution in [1.29, 1.82) is 0 Å². The maximum absolute atomic E-state index is 14.4. The van der Waals surface area contributed by atoms with Crippen LogP contribution in [-0.4, -0.2) is 37.3 Å². The van der Waals surface area contributed by atoms with Gasteiger partial charge in [-0.25, -0.2) is 4.39 Å². The third kappa shape index (κ3) is 5.58. The molecule has 0 heterocycles. The molecule has 3 rings (SSSR count). The molecule has 0 atom stereocenters. The molecule has 1 amide bonds. The van der Waals surface area contributed by atoms with E-state index in [2.05, 4.69) is 5.32 Å². The second-order valence-electron chi connectivity index (χ2n) is 7.33. The highest BCUT2D eigenvalue weighted by molar-refractivity contribution is 6.35. The van der Waals surface area contributed by atoms with Crippen LogP contribution in [0.4, 0.5) is 15.8 Å². The van der Waals surface area contributed by atoms with Crippen LogP contribution in [0.2, 0.25) is 10.0 Å². The van der Waals surface area contributed by atoms with Crippen LogP contribution in [0, 0.1) is 12.7 Å². The van der Waals surface area contributed by atoms with E-state index in [1.807, 2.05) is 19.1 Å². The number of halogens is 3. The van der Waals surface area contributed by atoms with Gasteiger partial charge in [0.25, 0.3) is 5.91 Å². The van der Waals surface area contributed by atoms with E-state index < -0.39 is 11.6 Å². The molecule has 0 aliphatic carbocycles. The number of rotatable bonds is 7. The lowest BCUT2D eigenvalue weighted by Gasteiger charge is -2.13. The number of aryl methyl sites for hydroxylation is 1. The zero-order valence-electron chi connectivity index (χ0n) is 17.7. The Bertz CT molecular complexity index is 1180. The summed E-state index contributed by atoms with van der Waals surface area (Å²) < 4.78 is 19.8. The first-order valence-electron chi connectivity index (χ1n) is 9.65. The van der Waals surface area contributed by atoms with Gasteiger partial charge in [-0.1, -0.05) is 23.2 Å². The molecular formula is C24H21Cl2FN2O3. The number of hydrogen-bond acceptors (Lipinski definition) is 4. The molecule has 3 aromatic rings. The molecule has 1 N–H and O–H groups in total. The number of nitrogens with one attached hydrogen (secondary N) is 1. The van der Waals surface area contributed by atoms with Crippen molar-refractivity contribution in [3.05, 3.63) is 87.2 Å². The molecule has 8 heteroatoms. The van der Waals surface area contributed by atoms with Gasteiger partial charge in [-0.2, -0.15) is 0 Å². The Balaban J connectivity index is 1.81. The molecule has 5 nitrogen and oxygen atoms in total. The van der Waals surface area contributed by atoms with Crippen molar-refractivity contribution in [1.82, 2.24) is 4.90 Å². The van der Waals surface area contributed by atoms with E-state index in [0.29, 0.717) is 10.7 Å². The minimum absolute atomic E-state index is 0.144. The van der Waals surface area contributed by atoms with E-state index in [1.165, 1.54) is 23.1 Å². The Labute approximate surface area is 195 Å². The summed E-state index contributed by atoms with van der Waals surface area (Å²) in [6, 6.07) is 14.0. The molecule has 3 aromatic carbocycles. The van der Waals surface area contributed by atoms with Crippen molar-refractivity contribution < 1.29 is 18.7 Å². The molecule has 0 fully saturated rings. The number of benzene rings is 3. The van der Waals surface area contributed by atoms with Crippen molar-refractivity contribution in [2.24, 2.45) is 0 Å². The summed E-state index contributed by atoms with van der Waals surface area (Å²) in [6.45, 7) is 1.69. The second-order valence-corrected chi connectivity index (χ2v) is 8.17. The summed E-state index contributed by atoms with van der Waals surface area (Å²) >= 11 is 12.3. The Morgan fingerprint density at radius 3 is 2.41 bits per heavy atom. The highest BCUT2D eigenvalue weighted by Gasteiger charge is 2.19. The number of nitrogens with zero attached hydrogens (tertiary/aromatic N) is 1. The second kappa shape index (κ2) is 10.0. The van der Waals surface area contributed by atoms with Crippen LogP contribution < -0.4 is 10.1 Å². The lowest BCUT2D eigenvalue weighted by atomic mass is 10.0. The van der Waals surface area contributed by atoms with Crippen LogP contribution in [0.1, 0.15) is 21.5 Å². The largest absolute Gasteiger partial charge is 0.484 e. The van der Waals surface area contributed by atoms with Gasteiger partial charge in [0, 0.05) is 36.1 Å². The third-order valence-corrected chi connectivity index (χ3v) is 5.27. The maximum Gasteiger partial charge on any atom is 0.259 e. The molecule has 0 radical (unpaired) electrons. The van der Waals surface area contributed by atoms with E-state index in [-0.39, 0.29) is 34.4 Å². The zero-order valence-corrected chi connectivity index (χ0v) is 19.2. The fraction of sp³-hybridized carbons (Fsp3) is 0.167. The summed E-state index contributed by atoms with van der Waals surface area (Å²) in [5.74, 6) is -1.36. The van der Waals surface area contributed by atoms with Crippen LogP contribution in [0.5, 0.6) is 5.75 Å². The topological polar surface area (TPSA) is 58.6 Å². The number of hydrogen-bond donors (Lipinski definition) is 1. The molecule has 0 aliphatic heterocycles. The molecule has 0 saturated carbocycles. The van der Waals surface area contributed by atoms with E-state index in [9.17, 15) is 14.0 Å². The van der Waals surface area contributed by atoms with Gasteiger partial charge in [0.15, 0.2) is 12.4 Å². The lowest BCUT2D eigenvalue weighted by molar-refractivity contribution is -0.130. The number of ketones is 1. The summed E-state index contributed by atoms with van der Waals surface area (Å²) in [6.07, 6.45) is 0. The Hall–Kier alpha value is -3.09. The summed E-state index contributed by atoms with van der Waals surface area (Å²) in [7, 11) is 3.19. The number of carbonyl (C=O) groups is 2. The molecule has 0 saturated heterocycles. The molecule has 0 spiro atoms. The standard InChI is InChI=1S/C24H21Cl2FN2O3/c1-14-10-15(25)4-9-22(14)28-16-5-7-18(20(26)11-16)24(31)19-12-17(6-8-21(19)27)32-13-23(30)29(2)3/h4-12,28H,13H2,1-3H3. The highest BCUT2D eigenvalue weighted by atomic mass is 35.5. The zero-order chi connectivity index (χ0) is 23.4. The summed E-state index contributed by atoms with van der Waals surface area (Å²) in [5, 5.41) is 4.02. The van der Waals surface area contributed by atoms with Crippen LogP contribution in [0.3, 0.4) is 0 Å². The predicted molar refractivity (Wildman–Crippen MR) is 125 cm³/mol. The van der Waals surface area contributed by atoms with Gasteiger partial charge in [-0.15, -0.1) is 0 Å². The van der Waals surface area contributed by atoms with E-state index in [0.717, 1.165) is 17.3 Å². The maximum atomic E-state index is 14.4. The lowest BCUT2D eigenvalue weighted by Crippen LogP contribution is -2.27. The van der Waals surface area contributed by atoms with Crippen molar-refractivity contribution in [2.45, 2.75) is 6.92 Å². The average molecular weight is 475 g/mol. The molecule has 0 unspecified atom stereocenters.